The first-order valence-electron chi connectivity index (χ1n) is 9.44. The predicted molar refractivity (Wildman–Crippen MR) is 101 cm³/mol. The van der Waals surface area contributed by atoms with Crippen LogP contribution in [0.5, 0.6) is 5.75 Å². The number of allylic oxidation sites excluding steroid dienone is 3. The van der Waals surface area contributed by atoms with Crippen molar-refractivity contribution < 1.29 is 18.3 Å². The van der Waals surface area contributed by atoms with E-state index in [-0.39, 0.29) is 5.92 Å². The number of rotatable bonds is 11. The molecule has 4 heteroatoms. The number of halogens is 2. The lowest BCUT2D eigenvalue weighted by Crippen LogP contribution is -2.23. The molecule has 1 aromatic carbocycles. The molecule has 0 bridgehead atoms. The van der Waals surface area contributed by atoms with E-state index in [4.69, 9.17) is 4.74 Å². The Labute approximate surface area is 154 Å². The van der Waals surface area contributed by atoms with Crippen molar-refractivity contribution in [2.24, 2.45) is 11.8 Å². The second kappa shape index (κ2) is 10.9. The van der Waals surface area contributed by atoms with Gasteiger partial charge in [0, 0.05) is 6.42 Å². The van der Waals surface area contributed by atoms with Gasteiger partial charge in [-0.05, 0) is 62.1 Å². The van der Waals surface area contributed by atoms with E-state index < -0.39 is 12.5 Å². The van der Waals surface area contributed by atoms with Crippen molar-refractivity contribution >= 4 is 6.29 Å². The lowest BCUT2D eigenvalue weighted by atomic mass is 9.92. The summed E-state index contributed by atoms with van der Waals surface area (Å²) in [5.74, 6) is -1.87. The van der Waals surface area contributed by atoms with E-state index in [0.717, 1.165) is 50.9 Å². The van der Waals surface area contributed by atoms with Crippen molar-refractivity contribution in [3.63, 3.8) is 0 Å². The first-order valence-corrected chi connectivity index (χ1v) is 9.44. The number of carbonyl (C=O) groups excluding carboxylic acids is 1. The Morgan fingerprint density at radius 3 is 2.69 bits per heavy atom. The van der Waals surface area contributed by atoms with Crippen LogP contribution >= 0.6 is 0 Å². The number of hydrogen-bond acceptors (Lipinski definition) is 2. The Morgan fingerprint density at radius 1 is 1.12 bits per heavy atom. The Morgan fingerprint density at radius 2 is 1.92 bits per heavy atom. The number of benzene rings is 1. The molecular weight excluding hydrogens is 334 g/mol. The molecule has 0 N–H and O–H groups in total. The molecule has 1 aliphatic carbocycles. The highest BCUT2D eigenvalue weighted by atomic mass is 19.3. The molecule has 2 atom stereocenters. The summed E-state index contributed by atoms with van der Waals surface area (Å²) >= 11 is 0. The first-order chi connectivity index (χ1) is 12.6. The smallest absolute Gasteiger partial charge is 0.299 e. The number of unbranched alkanes of at least 4 members (excludes halogenated alkanes) is 2. The number of carbonyl (C=O) groups is 1. The van der Waals surface area contributed by atoms with Gasteiger partial charge in [0.1, 0.15) is 12.0 Å². The van der Waals surface area contributed by atoms with Gasteiger partial charge in [-0.3, -0.25) is 0 Å². The van der Waals surface area contributed by atoms with Crippen molar-refractivity contribution in [2.45, 2.75) is 50.9 Å². The molecule has 26 heavy (non-hydrogen) atoms. The Kier molecular flexibility index (Phi) is 8.52. The second-order valence-corrected chi connectivity index (χ2v) is 6.88. The molecule has 0 aromatic heterocycles. The number of para-hydroxylation sites is 1. The van der Waals surface area contributed by atoms with Crippen molar-refractivity contribution in [1.82, 2.24) is 0 Å². The average molecular weight is 362 g/mol. The summed E-state index contributed by atoms with van der Waals surface area (Å²) in [5, 5.41) is 0. The van der Waals surface area contributed by atoms with Crippen LogP contribution in [0, 0.1) is 11.8 Å². The highest BCUT2D eigenvalue weighted by Crippen LogP contribution is 2.36. The Bertz CT molecular complexity index is 581. The molecule has 2 rings (SSSR count). The molecule has 2 nitrogen and oxygen atoms in total. The summed E-state index contributed by atoms with van der Waals surface area (Å²) in [7, 11) is 0. The van der Waals surface area contributed by atoms with E-state index >= 15 is 0 Å². The van der Waals surface area contributed by atoms with Gasteiger partial charge in [0.25, 0.3) is 5.92 Å². The molecule has 1 aromatic rings. The molecule has 1 aliphatic rings. The topological polar surface area (TPSA) is 26.3 Å². The normalized spacial score (nSPS) is 20.8. The first kappa shape index (κ1) is 20.3. The van der Waals surface area contributed by atoms with Gasteiger partial charge in [-0.15, -0.1) is 0 Å². The number of ether oxygens (including phenoxy) is 1. The van der Waals surface area contributed by atoms with E-state index in [1.54, 1.807) is 30.3 Å². The van der Waals surface area contributed by atoms with Gasteiger partial charge < -0.3 is 9.53 Å². The SMILES string of the molecule is O=CCCC/C=C\CC1CCCC1/C=C/C(F)(F)COc1ccccc1. The number of hydrogen-bond donors (Lipinski definition) is 0. The van der Waals surface area contributed by atoms with E-state index in [9.17, 15) is 13.6 Å². The molecule has 1 saturated carbocycles. The summed E-state index contributed by atoms with van der Waals surface area (Å²) in [6, 6.07) is 8.70. The lowest BCUT2D eigenvalue weighted by Gasteiger charge is -2.17. The number of aldehydes is 1. The number of alkyl halides is 2. The maximum Gasteiger partial charge on any atom is 0.299 e. The molecule has 0 saturated heterocycles. The van der Waals surface area contributed by atoms with Gasteiger partial charge in [0.2, 0.25) is 0 Å². The van der Waals surface area contributed by atoms with Crippen LogP contribution in [0.3, 0.4) is 0 Å². The van der Waals surface area contributed by atoms with Gasteiger partial charge in [-0.1, -0.05) is 42.8 Å². The summed E-state index contributed by atoms with van der Waals surface area (Å²) in [4.78, 5) is 10.3. The van der Waals surface area contributed by atoms with Crippen molar-refractivity contribution in [2.75, 3.05) is 6.61 Å². The van der Waals surface area contributed by atoms with Crippen LogP contribution in [0.15, 0.2) is 54.6 Å². The van der Waals surface area contributed by atoms with Crippen LogP contribution in [-0.2, 0) is 4.79 Å². The van der Waals surface area contributed by atoms with Crippen molar-refractivity contribution in [3.05, 3.63) is 54.6 Å². The third-order valence-corrected chi connectivity index (χ3v) is 4.78. The molecule has 2 unspecified atom stereocenters. The fourth-order valence-corrected chi connectivity index (χ4v) is 3.33. The van der Waals surface area contributed by atoms with Gasteiger partial charge in [-0.2, -0.15) is 8.78 Å². The summed E-state index contributed by atoms with van der Waals surface area (Å²) in [5.41, 5.74) is 0. The summed E-state index contributed by atoms with van der Waals surface area (Å²) in [6.45, 7) is -0.637. The molecule has 0 amide bonds. The van der Waals surface area contributed by atoms with Gasteiger partial charge in [0.15, 0.2) is 6.61 Å². The van der Waals surface area contributed by atoms with E-state index in [1.807, 2.05) is 6.07 Å². The highest BCUT2D eigenvalue weighted by molar-refractivity contribution is 5.49. The molecule has 142 valence electrons. The van der Waals surface area contributed by atoms with Crippen LogP contribution in [0.2, 0.25) is 0 Å². The Balaban J connectivity index is 1.78. The fourth-order valence-electron chi connectivity index (χ4n) is 3.33. The van der Waals surface area contributed by atoms with E-state index in [1.165, 1.54) is 0 Å². The zero-order valence-electron chi connectivity index (χ0n) is 15.2. The molecule has 0 heterocycles. The van der Waals surface area contributed by atoms with Crippen LogP contribution < -0.4 is 4.74 Å². The minimum Gasteiger partial charge on any atom is -0.487 e. The largest absolute Gasteiger partial charge is 0.487 e. The van der Waals surface area contributed by atoms with Crippen molar-refractivity contribution in [1.29, 1.82) is 0 Å². The molecule has 0 spiro atoms. The Hall–Kier alpha value is -1.97. The van der Waals surface area contributed by atoms with Gasteiger partial charge in [0.05, 0.1) is 0 Å². The molecular formula is C22H28F2O2. The summed E-state index contributed by atoms with van der Waals surface area (Å²) in [6.07, 6.45) is 14.3. The standard InChI is InChI=1S/C22H28F2O2/c23-22(24,18-26-21-13-6-4-7-14-21)16-15-20-12-9-11-19(20)10-5-2-1-3-8-17-25/h2,4-7,13-17,19-20H,1,3,8-12,18H2/b5-2-,16-15+. The van der Waals surface area contributed by atoms with Crippen LogP contribution in [0.4, 0.5) is 8.78 Å². The lowest BCUT2D eigenvalue weighted by molar-refractivity contribution is -0.107. The fraction of sp³-hybridized carbons (Fsp3) is 0.500. The molecule has 0 radical (unpaired) electrons. The van der Waals surface area contributed by atoms with E-state index in [0.29, 0.717) is 18.1 Å². The van der Waals surface area contributed by atoms with Crippen LogP contribution in [-0.4, -0.2) is 18.8 Å². The zero-order chi connectivity index (χ0) is 18.7. The minimum atomic E-state index is -2.96. The zero-order valence-corrected chi connectivity index (χ0v) is 15.2. The molecule has 0 aliphatic heterocycles. The third-order valence-electron chi connectivity index (χ3n) is 4.78. The van der Waals surface area contributed by atoms with E-state index in [2.05, 4.69) is 12.2 Å². The highest BCUT2D eigenvalue weighted by Gasteiger charge is 2.29. The monoisotopic (exact) mass is 362 g/mol. The average Bonchev–Trinajstić information content (AvgIpc) is 3.10. The maximum absolute atomic E-state index is 14.1. The van der Waals surface area contributed by atoms with Gasteiger partial charge in [-0.25, -0.2) is 0 Å². The summed E-state index contributed by atoms with van der Waals surface area (Å²) < 4.78 is 33.3. The van der Waals surface area contributed by atoms with Crippen molar-refractivity contribution in [3.8, 4) is 5.75 Å². The second-order valence-electron chi connectivity index (χ2n) is 6.88. The van der Waals surface area contributed by atoms with Crippen LogP contribution in [0.1, 0.15) is 44.9 Å². The maximum atomic E-state index is 14.1. The molecule has 1 fully saturated rings. The van der Waals surface area contributed by atoms with Crippen LogP contribution in [0.25, 0.3) is 0 Å². The quantitative estimate of drug-likeness (QED) is 0.275. The van der Waals surface area contributed by atoms with Gasteiger partial charge >= 0.3 is 0 Å². The third kappa shape index (κ3) is 7.51. The minimum absolute atomic E-state index is 0.206. The predicted octanol–water partition coefficient (Wildman–Crippen LogP) is 5.99.